The smallest absolute Gasteiger partial charge is 0.260 e. The van der Waals surface area contributed by atoms with Gasteiger partial charge in [-0.15, -0.1) is 0 Å². The number of hydrogen-bond donors (Lipinski definition) is 0. The van der Waals surface area contributed by atoms with Crippen LogP contribution in [0.15, 0.2) is 40.9 Å². The van der Waals surface area contributed by atoms with Crippen molar-refractivity contribution in [1.82, 2.24) is 4.90 Å². The van der Waals surface area contributed by atoms with Crippen molar-refractivity contribution >= 4 is 32.6 Å². The van der Waals surface area contributed by atoms with Crippen molar-refractivity contribution in [3.8, 4) is 5.75 Å². The van der Waals surface area contributed by atoms with Crippen LogP contribution in [0.4, 0.5) is 0 Å². The number of ether oxygens (including phenoxy) is 2. The molecule has 0 spiro atoms. The zero-order chi connectivity index (χ0) is 16.4. The Labute approximate surface area is 144 Å². The van der Waals surface area contributed by atoms with Crippen molar-refractivity contribution in [1.29, 1.82) is 0 Å². The van der Waals surface area contributed by atoms with E-state index in [2.05, 4.69) is 22.0 Å². The summed E-state index contributed by atoms with van der Waals surface area (Å²) < 4.78 is 12.4. The number of hydrogen-bond acceptors (Lipinski definition) is 3. The molecule has 1 fully saturated rings. The summed E-state index contributed by atoms with van der Waals surface area (Å²) in [7, 11) is 0. The Hall–Kier alpha value is -1.59. The van der Waals surface area contributed by atoms with Crippen molar-refractivity contribution in [3.63, 3.8) is 0 Å². The number of amides is 1. The van der Waals surface area contributed by atoms with Crippen LogP contribution in [0.3, 0.4) is 0 Å². The van der Waals surface area contributed by atoms with Gasteiger partial charge in [-0.2, -0.15) is 0 Å². The Morgan fingerprint density at radius 2 is 1.83 bits per heavy atom. The van der Waals surface area contributed by atoms with Crippen molar-refractivity contribution in [2.75, 3.05) is 19.7 Å². The number of rotatable bonds is 3. The molecule has 122 valence electrons. The van der Waals surface area contributed by atoms with Gasteiger partial charge in [0.25, 0.3) is 5.91 Å². The largest absolute Gasteiger partial charge is 0.484 e. The van der Waals surface area contributed by atoms with E-state index in [0.717, 1.165) is 15.2 Å². The lowest BCUT2D eigenvalue weighted by molar-refractivity contribution is -0.145. The topological polar surface area (TPSA) is 38.8 Å². The van der Waals surface area contributed by atoms with Gasteiger partial charge in [-0.1, -0.05) is 28.1 Å². The van der Waals surface area contributed by atoms with Crippen LogP contribution in [0.2, 0.25) is 0 Å². The summed E-state index contributed by atoms with van der Waals surface area (Å²) in [5, 5.41) is 2.22. The lowest BCUT2D eigenvalue weighted by Crippen LogP contribution is -2.49. The van der Waals surface area contributed by atoms with Crippen LogP contribution < -0.4 is 4.74 Å². The normalized spacial score (nSPS) is 21.4. The fourth-order valence-electron chi connectivity index (χ4n) is 2.90. The molecule has 2 aromatic rings. The monoisotopic (exact) mass is 377 g/mol. The van der Waals surface area contributed by atoms with E-state index in [1.165, 1.54) is 0 Å². The summed E-state index contributed by atoms with van der Waals surface area (Å²) in [6, 6.07) is 11.9. The van der Waals surface area contributed by atoms with Crippen molar-refractivity contribution in [2.45, 2.75) is 26.1 Å². The molecule has 1 saturated heterocycles. The molecule has 0 bridgehead atoms. The number of halogens is 1. The Morgan fingerprint density at radius 1 is 1.17 bits per heavy atom. The van der Waals surface area contributed by atoms with Crippen molar-refractivity contribution < 1.29 is 14.3 Å². The average molecular weight is 378 g/mol. The number of fused-ring (bicyclic) bond motifs is 1. The summed E-state index contributed by atoms with van der Waals surface area (Å²) in [6.07, 6.45) is 0.142. The lowest BCUT2D eigenvalue weighted by atomic mass is 10.1. The van der Waals surface area contributed by atoms with E-state index in [4.69, 9.17) is 9.47 Å². The molecule has 0 aromatic heterocycles. The van der Waals surface area contributed by atoms with Crippen LogP contribution in [0.25, 0.3) is 10.8 Å². The van der Waals surface area contributed by atoms with Crippen LogP contribution in [0.1, 0.15) is 13.8 Å². The molecule has 0 radical (unpaired) electrons. The first kappa shape index (κ1) is 16.3. The molecule has 0 N–H and O–H groups in total. The predicted octanol–water partition coefficient (Wildman–Crippen LogP) is 3.62. The van der Waals surface area contributed by atoms with Crippen LogP contribution >= 0.6 is 15.9 Å². The third-order valence-electron chi connectivity index (χ3n) is 3.91. The maximum atomic E-state index is 12.3. The third-order valence-corrected chi connectivity index (χ3v) is 4.40. The molecular weight excluding hydrogens is 358 g/mol. The highest BCUT2D eigenvalue weighted by Gasteiger charge is 2.25. The predicted molar refractivity (Wildman–Crippen MR) is 93.7 cm³/mol. The molecule has 4 nitrogen and oxygen atoms in total. The molecule has 1 amide bonds. The molecule has 1 aliphatic rings. The van der Waals surface area contributed by atoms with E-state index in [9.17, 15) is 4.79 Å². The summed E-state index contributed by atoms with van der Waals surface area (Å²) in [5.74, 6) is 0.713. The molecule has 1 heterocycles. The first-order valence-corrected chi connectivity index (χ1v) is 8.56. The minimum absolute atomic E-state index is 0.00269. The Kier molecular flexibility index (Phi) is 4.87. The van der Waals surface area contributed by atoms with E-state index in [-0.39, 0.29) is 24.7 Å². The molecule has 23 heavy (non-hydrogen) atoms. The molecule has 3 rings (SSSR count). The highest BCUT2D eigenvalue weighted by atomic mass is 79.9. The van der Waals surface area contributed by atoms with Crippen LogP contribution in [0, 0.1) is 0 Å². The number of morpholine rings is 1. The van der Waals surface area contributed by atoms with Gasteiger partial charge < -0.3 is 14.4 Å². The molecule has 5 heteroatoms. The Balaban J connectivity index is 1.63. The Bertz CT molecular complexity index is 708. The first-order chi connectivity index (χ1) is 11.0. The molecule has 0 saturated carbocycles. The highest BCUT2D eigenvalue weighted by molar-refractivity contribution is 9.10. The summed E-state index contributed by atoms with van der Waals surface area (Å²) in [5.41, 5.74) is 0. The fourth-order valence-corrected chi connectivity index (χ4v) is 3.28. The van der Waals surface area contributed by atoms with Crippen molar-refractivity contribution in [2.24, 2.45) is 0 Å². The zero-order valence-corrected chi connectivity index (χ0v) is 14.9. The van der Waals surface area contributed by atoms with Gasteiger partial charge in [-0.05, 0) is 48.9 Å². The standard InChI is InChI=1S/C18H20BrNO3/c1-12-9-20(10-13(2)23-12)18(21)11-22-17-6-4-14-7-16(19)5-3-15(14)8-17/h3-8,12-13H,9-11H2,1-2H3. The third kappa shape index (κ3) is 4.03. The first-order valence-electron chi connectivity index (χ1n) is 7.76. The maximum absolute atomic E-state index is 12.3. The van der Waals surface area contributed by atoms with Gasteiger partial charge >= 0.3 is 0 Å². The molecule has 2 atom stereocenters. The van der Waals surface area contributed by atoms with E-state index in [1.807, 2.05) is 49.1 Å². The van der Waals surface area contributed by atoms with Gasteiger partial charge in [-0.3, -0.25) is 4.79 Å². The maximum Gasteiger partial charge on any atom is 0.260 e. The molecule has 0 aliphatic carbocycles. The summed E-state index contributed by atoms with van der Waals surface area (Å²) >= 11 is 3.46. The number of nitrogens with zero attached hydrogens (tertiary/aromatic N) is 1. The Morgan fingerprint density at radius 3 is 2.57 bits per heavy atom. The van der Waals surface area contributed by atoms with Gasteiger partial charge in [0.05, 0.1) is 12.2 Å². The number of benzene rings is 2. The van der Waals surface area contributed by atoms with Gasteiger partial charge in [-0.25, -0.2) is 0 Å². The zero-order valence-electron chi connectivity index (χ0n) is 13.3. The van der Waals surface area contributed by atoms with Crippen LogP contribution in [0.5, 0.6) is 5.75 Å². The van der Waals surface area contributed by atoms with Gasteiger partial charge in [0.15, 0.2) is 6.61 Å². The van der Waals surface area contributed by atoms with E-state index >= 15 is 0 Å². The summed E-state index contributed by atoms with van der Waals surface area (Å²) in [4.78, 5) is 14.1. The molecule has 1 aliphatic heterocycles. The van der Waals surface area contributed by atoms with E-state index in [1.54, 1.807) is 0 Å². The second kappa shape index (κ2) is 6.89. The van der Waals surface area contributed by atoms with E-state index in [0.29, 0.717) is 18.8 Å². The fraction of sp³-hybridized carbons (Fsp3) is 0.389. The quantitative estimate of drug-likeness (QED) is 0.819. The SMILES string of the molecule is CC1CN(C(=O)COc2ccc3cc(Br)ccc3c2)CC(C)O1. The minimum atomic E-state index is 0.00269. The second-order valence-corrected chi connectivity index (χ2v) is 6.91. The van der Waals surface area contributed by atoms with Gasteiger partial charge in [0.1, 0.15) is 5.75 Å². The highest BCUT2D eigenvalue weighted by Crippen LogP contribution is 2.24. The van der Waals surface area contributed by atoms with Crippen molar-refractivity contribution in [3.05, 3.63) is 40.9 Å². The van der Waals surface area contributed by atoms with Gasteiger partial charge in [0, 0.05) is 17.6 Å². The molecule has 2 unspecified atom stereocenters. The van der Waals surface area contributed by atoms with E-state index < -0.39 is 0 Å². The van der Waals surface area contributed by atoms with Gasteiger partial charge in [0.2, 0.25) is 0 Å². The summed E-state index contributed by atoms with van der Waals surface area (Å²) in [6.45, 7) is 5.27. The second-order valence-electron chi connectivity index (χ2n) is 6.00. The molecule has 2 aromatic carbocycles. The molecular formula is C18H20BrNO3. The number of carbonyl (C=O) groups is 1. The van der Waals surface area contributed by atoms with Crippen LogP contribution in [-0.4, -0.2) is 42.7 Å². The minimum Gasteiger partial charge on any atom is -0.484 e. The average Bonchev–Trinajstić information content (AvgIpc) is 2.51. The lowest BCUT2D eigenvalue weighted by Gasteiger charge is -2.35. The van der Waals surface area contributed by atoms with Crippen LogP contribution in [-0.2, 0) is 9.53 Å². The number of carbonyl (C=O) groups excluding carboxylic acids is 1.